The van der Waals surface area contributed by atoms with E-state index >= 15 is 0 Å². The average Bonchev–Trinajstić information content (AvgIpc) is 2.25. The van der Waals surface area contributed by atoms with E-state index in [1.54, 1.807) is 6.92 Å². The standard InChI is InChI=1S/C12H18O4/c1-11(7-10(15)16-3)6-4-5-9(14)12(11,2)8-13/h8H,4-7H2,1-3H3/t11-,12-/m1/s1. The van der Waals surface area contributed by atoms with Crippen molar-refractivity contribution >= 4 is 18.0 Å². The molecule has 1 aliphatic rings. The molecule has 0 heterocycles. The maximum Gasteiger partial charge on any atom is 0.306 e. The Labute approximate surface area is 95.3 Å². The lowest BCUT2D eigenvalue weighted by molar-refractivity contribution is -0.153. The van der Waals surface area contributed by atoms with E-state index in [0.717, 1.165) is 6.42 Å². The van der Waals surface area contributed by atoms with Gasteiger partial charge in [0.2, 0.25) is 0 Å². The van der Waals surface area contributed by atoms with Crippen molar-refractivity contribution < 1.29 is 19.1 Å². The van der Waals surface area contributed by atoms with Gasteiger partial charge in [-0.15, -0.1) is 0 Å². The summed E-state index contributed by atoms with van der Waals surface area (Å²) in [6.45, 7) is 3.44. The van der Waals surface area contributed by atoms with E-state index in [0.29, 0.717) is 19.1 Å². The molecule has 1 fully saturated rings. The summed E-state index contributed by atoms with van der Waals surface area (Å²) >= 11 is 0. The molecule has 90 valence electrons. The van der Waals surface area contributed by atoms with Crippen LogP contribution in [0.4, 0.5) is 0 Å². The van der Waals surface area contributed by atoms with Crippen LogP contribution in [0.25, 0.3) is 0 Å². The molecule has 0 spiro atoms. The first-order valence-electron chi connectivity index (χ1n) is 5.46. The number of carbonyl (C=O) groups is 3. The van der Waals surface area contributed by atoms with Crippen LogP contribution >= 0.6 is 0 Å². The molecule has 16 heavy (non-hydrogen) atoms. The molecule has 0 aromatic heterocycles. The fourth-order valence-corrected chi connectivity index (χ4v) is 2.37. The fourth-order valence-electron chi connectivity index (χ4n) is 2.37. The maximum atomic E-state index is 11.8. The van der Waals surface area contributed by atoms with Gasteiger partial charge in [-0.1, -0.05) is 6.92 Å². The smallest absolute Gasteiger partial charge is 0.306 e. The predicted octanol–water partition coefficient (Wildman–Crippen LogP) is 1.51. The van der Waals surface area contributed by atoms with Crippen LogP contribution in [0.5, 0.6) is 0 Å². The lowest BCUT2D eigenvalue weighted by Gasteiger charge is -2.44. The van der Waals surface area contributed by atoms with Crippen molar-refractivity contribution in [3.63, 3.8) is 0 Å². The molecule has 4 nitrogen and oxygen atoms in total. The summed E-state index contributed by atoms with van der Waals surface area (Å²) in [5, 5.41) is 0. The lowest BCUT2D eigenvalue weighted by Crippen LogP contribution is -2.49. The molecule has 1 aliphatic carbocycles. The van der Waals surface area contributed by atoms with Gasteiger partial charge in [0.15, 0.2) is 0 Å². The van der Waals surface area contributed by atoms with Crippen LogP contribution in [0.15, 0.2) is 0 Å². The zero-order valence-corrected chi connectivity index (χ0v) is 10.0. The van der Waals surface area contributed by atoms with Crippen LogP contribution in [-0.2, 0) is 19.1 Å². The van der Waals surface area contributed by atoms with Gasteiger partial charge in [0.05, 0.1) is 18.9 Å². The van der Waals surface area contributed by atoms with E-state index in [4.69, 9.17) is 0 Å². The van der Waals surface area contributed by atoms with Gasteiger partial charge in [0.1, 0.15) is 12.1 Å². The van der Waals surface area contributed by atoms with Gasteiger partial charge in [0, 0.05) is 6.42 Å². The van der Waals surface area contributed by atoms with Gasteiger partial charge in [-0.05, 0) is 25.2 Å². The number of hydrogen-bond donors (Lipinski definition) is 0. The largest absolute Gasteiger partial charge is 0.469 e. The van der Waals surface area contributed by atoms with E-state index in [1.165, 1.54) is 7.11 Å². The zero-order chi connectivity index (χ0) is 12.4. The van der Waals surface area contributed by atoms with Crippen molar-refractivity contribution in [2.45, 2.75) is 39.5 Å². The maximum absolute atomic E-state index is 11.8. The number of rotatable bonds is 3. The van der Waals surface area contributed by atoms with Gasteiger partial charge in [-0.2, -0.15) is 0 Å². The van der Waals surface area contributed by atoms with Crippen molar-refractivity contribution in [2.24, 2.45) is 10.8 Å². The SMILES string of the molecule is COC(=O)C[C@@]1(C)CCCC(=O)[C@@]1(C)C=O. The van der Waals surface area contributed by atoms with Crippen molar-refractivity contribution in [1.82, 2.24) is 0 Å². The normalized spacial score (nSPS) is 34.6. The predicted molar refractivity (Wildman–Crippen MR) is 57.8 cm³/mol. The molecule has 0 aromatic carbocycles. The Morgan fingerprint density at radius 2 is 2.12 bits per heavy atom. The molecule has 0 amide bonds. The Morgan fingerprint density at radius 3 is 2.62 bits per heavy atom. The summed E-state index contributed by atoms with van der Waals surface area (Å²) in [6, 6.07) is 0. The first kappa shape index (κ1) is 12.9. The molecule has 0 aliphatic heterocycles. The summed E-state index contributed by atoms with van der Waals surface area (Å²) in [5.74, 6) is -0.439. The Hall–Kier alpha value is -1.19. The fraction of sp³-hybridized carbons (Fsp3) is 0.750. The molecule has 2 atom stereocenters. The van der Waals surface area contributed by atoms with Crippen LogP contribution in [0.3, 0.4) is 0 Å². The third-order valence-electron chi connectivity index (χ3n) is 3.96. The van der Waals surface area contributed by atoms with Crippen molar-refractivity contribution in [1.29, 1.82) is 0 Å². The van der Waals surface area contributed by atoms with Gasteiger partial charge in [-0.3, -0.25) is 9.59 Å². The second-order valence-corrected chi connectivity index (χ2v) is 4.91. The van der Waals surface area contributed by atoms with E-state index in [2.05, 4.69) is 4.74 Å². The minimum atomic E-state index is -1.06. The van der Waals surface area contributed by atoms with Crippen molar-refractivity contribution in [3.8, 4) is 0 Å². The van der Waals surface area contributed by atoms with Crippen molar-refractivity contribution in [2.75, 3.05) is 7.11 Å². The molecule has 4 heteroatoms. The first-order valence-corrected chi connectivity index (χ1v) is 5.46. The van der Waals surface area contributed by atoms with Gasteiger partial charge < -0.3 is 9.53 Å². The molecule has 0 bridgehead atoms. The minimum absolute atomic E-state index is 0.0693. The number of methoxy groups -OCH3 is 1. The average molecular weight is 226 g/mol. The monoisotopic (exact) mass is 226 g/mol. The molecule has 0 radical (unpaired) electrons. The third-order valence-corrected chi connectivity index (χ3v) is 3.96. The Kier molecular flexibility index (Phi) is 3.51. The number of hydrogen-bond acceptors (Lipinski definition) is 4. The van der Waals surface area contributed by atoms with Crippen LogP contribution in [0, 0.1) is 10.8 Å². The highest BCUT2D eigenvalue weighted by molar-refractivity contribution is 5.99. The zero-order valence-electron chi connectivity index (χ0n) is 10.0. The molecule has 1 saturated carbocycles. The summed E-state index contributed by atoms with van der Waals surface area (Å²) < 4.78 is 4.63. The number of Topliss-reactive ketones (excluding diaryl/α,β-unsaturated/α-hetero) is 1. The molecular weight excluding hydrogens is 208 g/mol. The summed E-state index contributed by atoms with van der Waals surface area (Å²) in [5.41, 5.74) is -1.67. The Balaban J connectivity index is 3.02. The summed E-state index contributed by atoms with van der Waals surface area (Å²) in [7, 11) is 1.31. The minimum Gasteiger partial charge on any atom is -0.469 e. The van der Waals surface area contributed by atoms with Crippen LogP contribution in [-0.4, -0.2) is 25.1 Å². The number of ether oxygens (including phenoxy) is 1. The van der Waals surface area contributed by atoms with Gasteiger partial charge in [-0.25, -0.2) is 0 Å². The first-order chi connectivity index (χ1) is 7.39. The van der Waals surface area contributed by atoms with Crippen LogP contribution in [0.2, 0.25) is 0 Å². The number of carbonyl (C=O) groups excluding carboxylic acids is 3. The highest BCUT2D eigenvalue weighted by Crippen LogP contribution is 2.49. The van der Waals surface area contributed by atoms with Gasteiger partial charge in [0.25, 0.3) is 0 Å². The Bertz CT molecular complexity index is 323. The number of aldehydes is 1. The summed E-state index contributed by atoms with van der Waals surface area (Å²) in [6.07, 6.45) is 2.66. The third kappa shape index (κ3) is 1.88. The van der Waals surface area contributed by atoms with E-state index in [9.17, 15) is 14.4 Å². The molecule has 0 saturated heterocycles. The number of ketones is 1. The summed E-state index contributed by atoms with van der Waals surface area (Å²) in [4.78, 5) is 34.4. The highest BCUT2D eigenvalue weighted by atomic mass is 16.5. The van der Waals surface area contributed by atoms with Crippen molar-refractivity contribution in [3.05, 3.63) is 0 Å². The topological polar surface area (TPSA) is 60.4 Å². The highest BCUT2D eigenvalue weighted by Gasteiger charge is 2.52. The quantitative estimate of drug-likeness (QED) is 0.416. The van der Waals surface area contributed by atoms with E-state index in [-0.39, 0.29) is 18.2 Å². The number of esters is 1. The lowest BCUT2D eigenvalue weighted by atomic mass is 9.56. The Morgan fingerprint density at radius 1 is 1.50 bits per heavy atom. The van der Waals surface area contributed by atoms with Crippen LogP contribution in [0.1, 0.15) is 39.5 Å². The molecule has 0 aromatic rings. The van der Waals surface area contributed by atoms with E-state index < -0.39 is 10.8 Å². The van der Waals surface area contributed by atoms with Gasteiger partial charge >= 0.3 is 5.97 Å². The molecule has 0 N–H and O–H groups in total. The molecule has 1 rings (SSSR count). The van der Waals surface area contributed by atoms with Crippen LogP contribution < -0.4 is 0 Å². The second kappa shape index (κ2) is 4.36. The molecule has 0 unspecified atom stereocenters. The van der Waals surface area contributed by atoms with E-state index in [1.807, 2.05) is 6.92 Å². The molecular formula is C12H18O4. The second-order valence-electron chi connectivity index (χ2n) is 4.91.